The van der Waals surface area contributed by atoms with E-state index in [0.29, 0.717) is 13.0 Å². The molecule has 0 aliphatic carbocycles. The number of benzene rings is 1. The number of rotatable bonds is 8. The molecule has 0 bridgehead atoms. The molecule has 108 valence electrons. The summed E-state index contributed by atoms with van der Waals surface area (Å²) in [6.07, 6.45) is 1.66. The monoisotopic (exact) mass is 284 g/mol. The third-order valence-electron chi connectivity index (χ3n) is 2.94. The van der Waals surface area contributed by atoms with Gasteiger partial charge in [-0.25, -0.2) is 8.42 Å². The molecule has 0 atom stereocenters. The zero-order valence-electron chi connectivity index (χ0n) is 11.8. The van der Waals surface area contributed by atoms with Crippen LogP contribution in [0.5, 0.6) is 0 Å². The lowest BCUT2D eigenvalue weighted by Gasteiger charge is -2.24. The smallest absolute Gasteiger partial charge is 0.152 e. The predicted octanol–water partition coefficient (Wildman–Crippen LogP) is 2.31. The molecule has 5 heteroatoms. The first-order valence-electron chi connectivity index (χ1n) is 6.79. The average Bonchev–Trinajstić information content (AvgIpc) is 2.35. The van der Waals surface area contributed by atoms with E-state index in [0.717, 1.165) is 24.3 Å². The van der Waals surface area contributed by atoms with Crippen molar-refractivity contribution >= 4 is 21.2 Å². The molecule has 1 aromatic carbocycles. The lowest BCUT2D eigenvalue weighted by Crippen LogP contribution is -2.30. The lowest BCUT2D eigenvalue weighted by atomic mass is 10.2. The molecule has 0 aliphatic heterocycles. The number of nitrogen functional groups attached to an aromatic ring is 1. The van der Waals surface area contributed by atoms with Crippen molar-refractivity contribution in [3.63, 3.8) is 0 Å². The second kappa shape index (κ2) is 7.38. The van der Waals surface area contributed by atoms with Gasteiger partial charge < -0.3 is 10.6 Å². The van der Waals surface area contributed by atoms with Crippen LogP contribution in [0.1, 0.15) is 26.7 Å². The Kier molecular flexibility index (Phi) is 6.15. The number of nitrogens with two attached hydrogens (primary N) is 1. The average molecular weight is 284 g/mol. The Morgan fingerprint density at radius 3 is 2.16 bits per heavy atom. The molecule has 4 nitrogen and oxygen atoms in total. The highest BCUT2D eigenvalue weighted by Crippen LogP contribution is 2.16. The standard InChI is InChI=1S/C14H24N2O2S/c1-3-9-16(10-12-19(17,18)11-4-2)14-7-5-13(15)6-8-14/h5-8H,3-4,9-12,15H2,1-2H3. The molecule has 1 rings (SSSR count). The third kappa shape index (κ3) is 5.51. The Bertz CT molecular complexity index is 469. The second-order valence-corrected chi connectivity index (χ2v) is 7.03. The van der Waals surface area contributed by atoms with E-state index in [1.807, 2.05) is 31.2 Å². The Labute approximate surface area is 116 Å². The summed E-state index contributed by atoms with van der Waals surface area (Å²) in [5.41, 5.74) is 7.42. The first kappa shape index (κ1) is 15.8. The molecule has 2 N–H and O–H groups in total. The molecule has 0 heterocycles. The van der Waals surface area contributed by atoms with E-state index >= 15 is 0 Å². The molecule has 1 aromatic rings. The van der Waals surface area contributed by atoms with Crippen molar-refractivity contribution in [2.45, 2.75) is 26.7 Å². The molecule has 0 radical (unpaired) electrons. The van der Waals surface area contributed by atoms with Crippen molar-refractivity contribution in [3.8, 4) is 0 Å². The van der Waals surface area contributed by atoms with E-state index in [1.165, 1.54) is 0 Å². The molecule has 0 spiro atoms. The van der Waals surface area contributed by atoms with Gasteiger partial charge in [-0.15, -0.1) is 0 Å². The Hall–Kier alpha value is -1.23. The molecule has 0 saturated heterocycles. The fraction of sp³-hybridized carbons (Fsp3) is 0.571. The minimum absolute atomic E-state index is 0.214. The van der Waals surface area contributed by atoms with Gasteiger partial charge in [-0.3, -0.25) is 0 Å². The van der Waals surface area contributed by atoms with E-state index in [4.69, 9.17) is 5.73 Å². The Morgan fingerprint density at radius 2 is 1.63 bits per heavy atom. The normalized spacial score (nSPS) is 11.5. The zero-order chi connectivity index (χ0) is 14.3. The van der Waals surface area contributed by atoms with E-state index in [2.05, 4.69) is 11.8 Å². The number of anilines is 2. The fourth-order valence-corrected chi connectivity index (χ4v) is 3.31. The van der Waals surface area contributed by atoms with Crippen LogP contribution in [-0.4, -0.2) is 33.0 Å². The number of sulfone groups is 1. The Balaban J connectivity index is 2.70. The third-order valence-corrected chi connectivity index (χ3v) is 4.77. The number of hydrogen-bond donors (Lipinski definition) is 1. The van der Waals surface area contributed by atoms with E-state index in [1.54, 1.807) is 0 Å². The maximum Gasteiger partial charge on any atom is 0.152 e. The topological polar surface area (TPSA) is 63.4 Å². The van der Waals surface area contributed by atoms with Crippen LogP contribution >= 0.6 is 0 Å². The van der Waals surface area contributed by atoms with Crippen molar-refractivity contribution in [1.82, 2.24) is 0 Å². The van der Waals surface area contributed by atoms with Gasteiger partial charge in [0.05, 0.1) is 5.75 Å². The van der Waals surface area contributed by atoms with Crippen LogP contribution in [0, 0.1) is 0 Å². The second-order valence-electron chi connectivity index (χ2n) is 4.73. The zero-order valence-corrected chi connectivity index (χ0v) is 12.6. The highest BCUT2D eigenvalue weighted by Gasteiger charge is 2.13. The van der Waals surface area contributed by atoms with Gasteiger partial charge in [0.15, 0.2) is 9.84 Å². The highest BCUT2D eigenvalue weighted by atomic mass is 32.2. The van der Waals surface area contributed by atoms with Crippen LogP contribution < -0.4 is 10.6 Å². The molecule has 0 aliphatic rings. The van der Waals surface area contributed by atoms with Crippen LogP contribution in [0.2, 0.25) is 0 Å². The fourth-order valence-electron chi connectivity index (χ4n) is 1.99. The van der Waals surface area contributed by atoms with Crippen LogP contribution in [-0.2, 0) is 9.84 Å². The first-order valence-corrected chi connectivity index (χ1v) is 8.61. The van der Waals surface area contributed by atoms with Crippen molar-refractivity contribution in [3.05, 3.63) is 24.3 Å². The van der Waals surface area contributed by atoms with E-state index in [9.17, 15) is 8.42 Å². The summed E-state index contributed by atoms with van der Waals surface area (Å²) in [4.78, 5) is 2.10. The maximum absolute atomic E-state index is 11.8. The van der Waals surface area contributed by atoms with Crippen molar-refractivity contribution in [1.29, 1.82) is 0 Å². The quantitative estimate of drug-likeness (QED) is 0.744. The molecule has 0 unspecified atom stereocenters. The van der Waals surface area contributed by atoms with Crippen molar-refractivity contribution in [2.24, 2.45) is 0 Å². The predicted molar refractivity (Wildman–Crippen MR) is 82.3 cm³/mol. The number of hydrogen-bond acceptors (Lipinski definition) is 4. The van der Waals surface area contributed by atoms with Crippen LogP contribution in [0.25, 0.3) is 0 Å². The maximum atomic E-state index is 11.8. The van der Waals surface area contributed by atoms with Gasteiger partial charge in [-0.2, -0.15) is 0 Å². The van der Waals surface area contributed by atoms with Crippen molar-refractivity contribution < 1.29 is 8.42 Å². The first-order chi connectivity index (χ1) is 8.98. The van der Waals surface area contributed by atoms with Crippen LogP contribution in [0.15, 0.2) is 24.3 Å². The number of nitrogens with zero attached hydrogens (tertiary/aromatic N) is 1. The molecule has 0 aromatic heterocycles. The highest BCUT2D eigenvalue weighted by molar-refractivity contribution is 7.91. The molecular formula is C14H24N2O2S. The molecule has 19 heavy (non-hydrogen) atoms. The van der Waals surface area contributed by atoms with E-state index < -0.39 is 9.84 Å². The summed E-state index contributed by atoms with van der Waals surface area (Å²) in [6, 6.07) is 7.58. The summed E-state index contributed by atoms with van der Waals surface area (Å²) in [6.45, 7) is 5.37. The lowest BCUT2D eigenvalue weighted by molar-refractivity contribution is 0.593. The summed E-state index contributed by atoms with van der Waals surface area (Å²) in [7, 11) is -2.93. The molecule has 0 fully saturated rings. The van der Waals surface area contributed by atoms with Gasteiger partial charge in [0.25, 0.3) is 0 Å². The van der Waals surface area contributed by atoms with Gasteiger partial charge in [0, 0.05) is 30.2 Å². The van der Waals surface area contributed by atoms with E-state index in [-0.39, 0.29) is 11.5 Å². The summed E-state index contributed by atoms with van der Waals surface area (Å²) in [5, 5.41) is 0. The van der Waals surface area contributed by atoms with Gasteiger partial charge in [0.2, 0.25) is 0 Å². The van der Waals surface area contributed by atoms with Gasteiger partial charge >= 0.3 is 0 Å². The van der Waals surface area contributed by atoms with Gasteiger partial charge in [-0.05, 0) is 37.1 Å². The van der Waals surface area contributed by atoms with Crippen LogP contribution in [0.4, 0.5) is 11.4 Å². The molecular weight excluding hydrogens is 260 g/mol. The minimum atomic E-state index is -2.93. The van der Waals surface area contributed by atoms with Gasteiger partial charge in [0.1, 0.15) is 0 Å². The SMILES string of the molecule is CCCN(CCS(=O)(=O)CCC)c1ccc(N)cc1. The molecule has 0 amide bonds. The largest absolute Gasteiger partial charge is 0.399 e. The minimum Gasteiger partial charge on any atom is -0.399 e. The summed E-state index contributed by atoms with van der Waals surface area (Å²) in [5.74, 6) is 0.486. The summed E-state index contributed by atoms with van der Waals surface area (Å²) >= 11 is 0. The van der Waals surface area contributed by atoms with Gasteiger partial charge in [-0.1, -0.05) is 13.8 Å². The van der Waals surface area contributed by atoms with Crippen LogP contribution in [0.3, 0.4) is 0 Å². The Morgan fingerprint density at radius 1 is 1.00 bits per heavy atom. The summed E-state index contributed by atoms with van der Waals surface area (Å²) < 4.78 is 23.6. The van der Waals surface area contributed by atoms with Crippen molar-refractivity contribution in [2.75, 3.05) is 35.2 Å². The molecule has 0 saturated carbocycles.